The predicted octanol–water partition coefficient (Wildman–Crippen LogP) is 1.46. The number of carbonyl (C=O) groups excluding carboxylic acids is 1. The molecule has 19 heavy (non-hydrogen) atoms. The molecule has 0 bridgehead atoms. The van der Waals surface area contributed by atoms with Crippen LogP contribution in [0.25, 0.3) is 0 Å². The Kier molecular flexibility index (Phi) is 4.51. The Hall–Kier alpha value is -0.610. The third kappa shape index (κ3) is 3.69. The molecule has 0 aliphatic carbocycles. The molecule has 1 amide bonds. The van der Waals surface area contributed by atoms with Crippen LogP contribution < -0.4 is 5.32 Å². The summed E-state index contributed by atoms with van der Waals surface area (Å²) in [5, 5.41) is 3.60. The van der Waals surface area contributed by atoms with E-state index in [9.17, 15) is 4.79 Å². The largest absolute Gasteiger partial charge is 0.344 e. The minimum absolute atomic E-state index is 0.136. The number of rotatable bonds is 3. The average molecular weight is 267 g/mol. The summed E-state index contributed by atoms with van der Waals surface area (Å²) >= 11 is 0. The molecule has 2 rings (SSSR count). The molecular weight excluding hydrogens is 238 g/mol. The van der Waals surface area contributed by atoms with Gasteiger partial charge in [-0.15, -0.1) is 0 Å². The van der Waals surface area contributed by atoms with Crippen LogP contribution in [-0.2, 0) is 4.79 Å². The highest BCUT2D eigenvalue weighted by molar-refractivity contribution is 5.83. The van der Waals surface area contributed by atoms with Crippen LogP contribution >= 0.6 is 0 Å². The number of carbonyl (C=O) groups is 1. The number of hydrogen-bond donors (Lipinski definition) is 1. The Balaban J connectivity index is 1.98. The Morgan fingerprint density at radius 3 is 2.53 bits per heavy atom. The zero-order chi connectivity index (χ0) is 14.0. The third-order valence-corrected chi connectivity index (χ3v) is 4.34. The Morgan fingerprint density at radius 1 is 1.21 bits per heavy atom. The summed E-state index contributed by atoms with van der Waals surface area (Å²) in [6.07, 6.45) is 4.75. The van der Waals surface area contributed by atoms with Crippen LogP contribution in [0.2, 0.25) is 0 Å². The van der Waals surface area contributed by atoms with Crippen molar-refractivity contribution in [3.05, 3.63) is 0 Å². The Morgan fingerprint density at radius 2 is 1.95 bits per heavy atom. The van der Waals surface area contributed by atoms with Gasteiger partial charge in [-0.25, -0.2) is 0 Å². The van der Waals surface area contributed by atoms with Crippen molar-refractivity contribution in [1.29, 1.82) is 0 Å². The number of likely N-dealkylation sites (N-methyl/N-ethyl adjacent to an activating group) is 1. The monoisotopic (exact) mass is 267 g/mol. The number of amides is 1. The third-order valence-electron chi connectivity index (χ3n) is 4.34. The first-order valence-corrected chi connectivity index (χ1v) is 7.64. The zero-order valence-electron chi connectivity index (χ0n) is 12.9. The van der Waals surface area contributed by atoms with Crippen molar-refractivity contribution in [1.82, 2.24) is 15.1 Å². The van der Waals surface area contributed by atoms with E-state index in [4.69, 9.17) is 0 Å². The van der Waals surface area contributed by atoms with Gasteiger partial charge in [-0.3, -0.25) is 9.69 Å². The van der Waals surface area contributed by atoms with E-state index in [0.717, 1.165) is 26.1 Å². The van der Waals surface area contributed by atoms with Gasteiger partial charge in [0, 0.05) is 31.7 Å². The number of nitrogens with zero attached hydrogens (tertiary/aromatic N) is 2. The van der Waals surface area contributed by atoms with Crippen LogP contribution in [0.3, 0.4) is 0 Å². The van der Waals surface area contributed by atoms with Crippen molar-refractivity contribution < 1.29 is 4.79 Å². The maximum atomic E-state index is 12.2. The number of piperidine rings is 1. The summed E-state index contributed by atoms with van der Waals surface area (Å²) in [4.78, 5) is 16.6. The molecule has 2 aliphatic heterocycles. The number of likely N-dealkylation sites (tertiary alicyclic amines) is 2. The quantitative estimate of drug-likeness (QED) is 0.841. The van der Waals surface area contributed by atoms with Crippen molar-refractivity contribution in [2.24, 2.45) is 0 Å². The van der Waals surface area contributed by atoms with Gasteiger partial charge < -0.3 is 10.2 Å². The fourth-order valence-electron chi connectivity index (χ4n) is 3.19. The van der Waals surface area contributed by atoms with Gasteiger partial charge in [0.15, 0.2) is 0 Å². The molecule has 0 aromatic heterocycles. The lowest BCUT2D eigenvalue weighted by Crippen LogP contribution is -2.54. The van der Waals surface area contributed by atoms with E-state index in [0.29, 0.717) is 11.9 Å². The van der Waals surface area contributed by atoms with Crippen molar-refractivity contribution in [2.75, 3.05) is 26.7 Å². The van der Waals surface area contributed by atoms with Gasteiger partial charge in [-0.1, -0.05) is 6.42 Å². The van der Waals surface area contributed by atoms with Crippen LogP contribution in [0.1, 0.15) is 46.5 Å². The summed E-state index contributed by atoms with van der Waals surface area (Å²) in [5.74, 6) is 0.322. The molecule has 110 valence electrons. The van der Waals surface area contributed by atoms with Crippen molar-refractivity contribution in [2.45, 2.75) is 64.1 Å². The second kappa shape index (κ2) is 5.80. The standard InChI is InChI=1S/C15H29N3O/c1-15(2,3)16-11-12-7-5-6-9-18(12)13-8-10-17(4)14(13)19/h12-13,16H,5-11H2,1-4H3. The molecule has 0 radical (unpaired) electrons. The lowest BCUT2D eigenvalue weighted by atomic mass is 9.98. The van der Waals surface area contributed by atoms with E-state index in [1.165, 1.54) is 19.3 Å². The molecule has 1 N–H and O–H groups in total. The minimum atomic E-state index is 0.136. The van der Waals surface area contributed by atoms with Crippen molar-refractivity contribution in [3.63, 3.8) is 0 Å². The summed E-state index contributed by atoms with van der Waals surface area (Å²) in [6.45, 7) is 9.61. The topological polar surface area (TPSA) is 35.6 Å². The van der Waals surface area contributed by atoms with Gasteiger partial charge >= 0.3 is 0 Å². The van der Waals surface area contributed by atoms with Gasteiger partial charge in [0.05, 0.1) is 6.04 Å². The molecule has 2 atom stereocenters. The highest BCUT2D eigenvalue weighted by Crippen LogP contribution is 2.25. The Labute approximate surface area is 117 Å². The van der Waals surface area contributed by atoms with Gasteiger partial charge in [-0.05, 0) is 46.6 Å². The molecular formula is C15H29N3O. The SMILES string of the molecule is CN1CCC(N2CCCCC2CNC(C)(C)C)C1=O. The summed E-state index contributed by atoms with van der Waals surface area (Å²) in [5.41, 5.74) is 0.152. The van der Waals surface area contributed by atoms with Gasteiger partial charge in [0.1, 0.15) is 0 Å². The summed E-state index contributed by atoms with van der Waals surface area (Å²) in [6, 6.07) is 0.658. The van der Waals surface area contributed by atoms with Crippen molar-refractivity contribution in [3.8, 4) is 0 Å². The second-order valence-corrected chi connectivity index (χ2v) is 7.08. The van der Waals surface area contributed by atoms with Gasteiger partial charge in [0.2, 0.25) is 5.91 Å². The molecule has 0 aromatic rings. The van der Waals surface area contributed by atoms with Crippen LogP contribution in [0, 0.1) is 0 Å². The first kappa shape index (κ1) is 14.8. The first-order valence-electron chi connectivity index (χ1n) is 7.64. The summed E-state index contributed by atoms with van der Waals surface area (Å²) in [7, 11) is 1.93. The van der Waals surface area contributed by atoms with Crippen molar-refractivity contribution >= 4 is 5.91 Å². The van der Waals surface area contributed by atoms with E-state index >= 15 is 0 Å². The normalized spacial score (nSPS) is 30.1. The van der Waals surface area contributed by atoms with Gasteiger partial charge in [-0.2, -0.15) is 0 Å². The molecule has 2 aliphatic rings. The fraction of sp³-hybridized carbons (Fsp3) is 0.933. The first-order chi connectivity index (χ1) is 8.88. The van der Waals surface area contributed by atoms with E-state index in [2.05, 4.69) is 31.0 Å². The molecule has 2 heterocycles. The highest BCUT2D eigenvalue weighted by atomic mass is 16.2. The summed E-state index contributed by atoms with van der Waals surface area (Å²) < 4.78 is 0. The van der Waals surface area contributed by atoms with E-state index < -0.39 is 0 Å². The van der Waals surface area contributed by atoms with Crippen LogP contribution in [-0.4, -0.2) is 60.0 Å². The molecule has 0 saturated carbocycles. The van der Waals surface area contributed by atoms with E-state index in [1.807, 2.05) is 11.9 Å². The predicted molar refractivity (Wildman–Crippen MR) is 78.1 cm³/mol. The van der Waals surface area contributed by atoms with E-state index in [1.54, 1.807) is 0 Å². The fourth-order valence-corrected chi connectivity index (χ4v) is 3.19. The molecule has 0 aromatic carbocycles. The second-order valence-electron chi connectivity index (χ2n) is 7.08. The van der Waals surface area contributed by atoms with Gasteiger partial charge in [0.25, 0.3) is 0 Å². The molecule has 2 fully saturated rings. The molecule has 4 nitrogen and oxygen atoms in total. The molecule has 2 saturated heterocycles. The van der Waals surface area contributed by atoms with E-state index in [-0.39, 0.29) is 11.6 Å². The van der Waals surface area contributed by atoms with Crippen LogP contribution in [0.15, 0.2) is 0 Å². The maximum absolute atomic E-state index is 12.2. The Bertz CT molecular complexity index is 324. The lowest BCUT2D eigenvalue weighted by molar-refractivity contribution is -0.132. The molecule has 0 spiro atoms. The van der Waals surface area contributed by atoms with Crippen LogP contribution in [0.4, 0.5) is 0 Å². The molecule has 4 heteroatoms. The smallest absolute Gasteiger partial charge is 0.239 e. The maximum Gasteiger partial charge on any atom is 0.239 e. The molecule has 2 unspecified atom stereocenters. The average Bonchev–Trinajstić information content (AvgIpc) is 2.67. The number of hydrogen-bond acceptors (Lipinski definition) is 3. The number of nitrogens with one attached hydrogen (secondary N) is 1. The minimum Gasteiger partial charge on any atom is -0.344 e. The highest BCUT2D eigenvalue weighted by Gasteiger charge is 2.38. The van der Waals surface area contributed by atoms with Crippen LogP contribution in [0.5, 0.6) is 0 Å². The zero-order valence-corrected chi connectivity index (χ0v) is 12.9. The lowest BCUT2D eigenvalue weighted by Gasteiger charge is -2.40.